The molecule has 2 aromatic heterocycles. The van der Waals surface area contributed by atoms with Crippen LogP contribution in [0.15, 0.2) is 6.20 Å². The summed E-state index contributed by atoms with van der Waals surface area (Å²) in [7, 11) is 1.75. The standard InChI is InChI=1S/C6H8ClN7/c1-13-5(9-11-12-13)3-14-2-4(7)6(8)10-14/h2H,3H2,1H3,(H2,8,10). The van der Waals surface area contributed by atoms with Gasteiger partial charge in [0.25, 0.3) is 0 Å². The number of nitrogens with two attached hydrogens (primary N) is 1. The summed E-state index contributed by atoms with van der Waals surface area (Å²) in [4.78, 5) is 0. The van der Waals surface area contributed by atoms with Gasteiger partial charge in [-0.1, -0.05) is 11.6 Å². The first-order valence-electron chi connectivity index (χ1n) is 3.86. The van der Waals surface area contributed by atoms with Crippen molar-refractivity contribution in [1.82, 2.24) is 30.0 Å². The topological polar surface area (TPSA) is 87.4 Å². The number of nitrogen functional groups attached to an aromatic ring is 1. The molecule has 0 aliphatic rings. The molecule has 74 valence electrons. The van der Waals surface area contributed by atoms with Crippen molar-refractivity contribution in [3.8, 4) is 0 Å². The molecule has 0 aliphatic carbocycles. The van der Waals surface area contributed by atoms with E-state index in [0.29, 0.717) is 23.2 Å². The predicted octanol–water partition coefficient (Wildman–Crippen LogP) is -0.310. The molecule has 2 rings (SSSR count). The number of tetrazole rings is 1. The van der Waals surface area contributed by atoms with E-state index in [-0.39, 0.29) is 0 Å². The molecule has 2 heterocycles. The number of halogens is 1. The lowest BCUT2D eigenvalue weighted by Crippen LogP contribution is -2.07. The second-order valence-electron chi connectivity index (χ2n) is 2.78. The van der Waals surface area contributed by atoms with E-state index in [0.717, 1.165) is 0 Å². The molecule has 7 nitrogen and oxygen atoms in total. The van der Waals surface area contributed by atoms with Gasteiger partial charge in [-0.25, -0.2) is 4.68 Å². The molecular formula is C6H8ClN7. The van der Waals surface area contributed by atoms with Crippen LogP contribution in [0.3, 0.4) is 0 Å². The van der Waals surface area contributed by atoms with E-state index >= 15 is 0 Å². The van der Waals surface area contributed by atoms with Crippen molar-refractivity contribution >= 4 is 17.4 Å². The molecule has 0 unspecified atom stereocenters. The Morgan fingerprint density at radius 1 is 1.57 bits per heavy atom. The molecule has 0 fully saturated rings. The van der Waals surface area contributed by atoms with Crippen LogP contribution >= 0.6 is 11.6 Å². The van der Waals surface area contributed by atoms with Crippen molar-refractivity contribution in [2.75, 3.05) is 5.73 Å². The van der Waals surface area contributed by atoms with E-state index in [1.54, 1.807) is 22.6 Å². The zero-order chi connectivity index (χ0) is 10.1. The van der Waals surface area contributed by atoms with Gasteiger partial charge >= 0.3 is 0 Å². The van der Waals surface area contributed by atoms with Crippen LogP contribution in [0.2, 0.25) is 5.02 Å². The Kier molecular flexibility index (Phi) is 2.08. The lowest BCUT2D eigenvalue weighted by molar-refractivity contribution is 0.607. The third-order valence-corrected chi connectivity index (χ3v) is 2.05. The molecule has 8 heteroatoms. The minimum atomic E-state index is 0.307. The van der Waals surface area contributed by atoms with Gasteiger partial charge in [-0.2, -0.15) is 5.10 Å². The smallest absolute Gasteiger partial charge is 0.172 e. The van der Waals surface area contributed by atoms with Crippen LogP contribution in [0, 0.1) is 0 Å². The van der Waals surface area contributed by atoms with Gasteiger partial charge in [0.2, 0.25) is 0 Å². The number of hydrogen-bond acceptors (Lipinski definition) is 5. The lowest BCUT2D eigenvalue weighted by atomic mass is 10.6. The molecule has 0 atom stereocenters. The van der Waals surface area contributed by atoms with Crippen molar-refractivity contribution in [3.05, 3.63) is 17.0 Å². The minimum absolute atomic E-state index is 0.307. The summed E-state index contributed by atoms with van der Waals surface area (Å²) in [6, 6.07) is 0. The quantitative estimate of drug-likeness (QED) is 0.740. The maximum absolute atomic E-state index is 5.74. The summed E-state index contributed by atoms with van der Waals surface area (Å²) in [6.45, 7) is 0.445. The van der Waals surface area contributed by atoms with Crippen LogP contribution in [0.25, 0.3) is 0 Å². The van der Waals surface area contributed by atoms with Crippen LogP contribution < -0.4 is 5.73 Å². The monoisotopic (exact) mass is 213 g/mol. The van der Waals surface area contributed by atoms with Gasteiger partial charge in [0.15, 0.2) is 11.6 Å². The van der Waals surface area contributed by atoms with E-state index in [2.05, 4.69) is 20.6 Å². The maximum atomic E-state index is 5.74. The number of hydrogen-bond donors (Lipinski definition) is 1. The highest BCUT2D eigenvalue weighted by atomic mass is 35.5. The van der Waals surface area contributed by atoms with Gasteiger partial charge in [0, 0.05) is 13.2 Å². The zero-order valence-electron chi connectivity index (χ0n) is 7.42. The fourth-order valence-electron chi connectivity index (χ4n) is 1.02. The van der Waals surface area contributed by atoms with E-state index in [9.17, 15) is 0 Å². The predicted molar refractivity (Wildman–Crippen MR) is 49.5 cm³/mol. The van der Waals surface area contributed by atoms with Gasteiger partial charge in [-0.3, -0.25) is 4.68 Å². The summed E-state index contributed by atoms with van der Waals surface area (Å²) in [6.07, 6.45) is 1.63. The van der Waals surface area contributed by atoms with E-state index in [1.165, 1.54) is 0 Å². The second-order valence-corrected chi connectivity index (χ2v) is 3.19. The molecule has 0 bridgehead atoms. The van der Waals surface area contributed by atoms with Gasteiger partial charge in [0.1, 0.15) is 11.6 Å². The minimum Gasteiger partial charge on any atom is -0.381 e. The van der Waals surface area contributed by atoms with Crippen molar-refractivity contribution in [3.63, 3.8) is 0 Å². The number of aromatic nitrogens is 6. The van der Waals surface area contributed by atoms with E-state index < -0.39 is 0 Å². The van der Waals surface area contributed by atoms with Crippen molar-refractivity contribution in [2.45, 2.75) is 6.54 Å². The first kappa shape index (κ1) is 8.95. The molecule has 0 saturated carbocycles. The first-order chi connectivity index (χ1) is 6.66. The van der Waals surface area contributed by atoms with Crippen molar-refractivity contribution in [2.24, 2.45) is 7.05 Å². The molecule has 0 aromatic carbocycles. The molecule has 0 radical (unpaired) electrons. The highest BCUT2D eigenvalue weighted by Gasteiger charge is 2.06. The highest BCUT2D eigenvalue weighted by molar-refractivity contribution is 6.32. The molecule has 14 heavy (non-hydrogen) atoms. The number of nitrogens with zero attached hydrogens (tertiary/aromatic N) is 6. The molecule has 0 spiro atoms. The second kappa shape index (κ2) is 3.26. The van der Waals surface area contributed by atoms with Crippen molar-refractivity contribution in [1.29, 1.82) is 0 Å². The Bertz CT molecular complexity index is 425. The van der Waals surface area contributed by atoms with Gasteiger partial charge in [-0.05, 0) is 10.4 Å². The SMILES string of the molecule is Cn1nnnc1Cn1cc(Cl)c(N)n1. The van der Waals surface area contributed by atoms with E-state index in [4.69, 9.17) is 17.3 Å². The van der Waals surface area contributed by atoms with Crippen LogP contribution in [0.4, 0.5) is 5.82 Å². The third-order valence-electron chi connectivity index (χ3n) is 1.75. The Morgan fingerprint density at radius 2 is 2.36 bits per heavy atom. The summed E-state index contributed by atoms with van der Waals surface area (Å²) >= 11 is 5.74. The average Bonchev–Trinajstić information content (AvgIpc) is 2.63. The largest absolute Gasteiger partial charge is 0.381 e. The summed E-state index contributed by atoms with van der Waals surface area (Å²) in [5.74, 6) is 0.992. The Labute approximate surface area is 84.5 Å². The highest BCUT2D eigenvalue weighted by Crippen LogP contribution is 2.15. The Morgan fingerprint density at radius 3 is 2.86 bits per heavy atom. The normalized spacial score (nSPS) is 10.7. The first-order valence-corrected chi connectivity index (χ1v) is 4.24. The molecule has 2 aromatic rings. The Balaban J connectivity index is 2.23. The summed E-state index contributed by atoms with van der Waals surface area (Å²) in [5.41, 5.74) is 5.49. The number of anilines is 1. The molecule has 0 amide bonds. The van der Waals surface area contributed by atoms with Gasteiger partial charge < -0.3 is 5.73 Å². The molecular weight excluding hydrogens is 206 g/mol. The van der Waals surface area contributed by atoms with Gasteiger partial charge in [0.05, 0.1) is 0 Å². The molecule has 0 aliphatic heterocycles. The van der Waals surface area contributed by atoms with Gasteiger partial charge in [-0.15, -0.1) is 5.10 Å². The van der Waals surface area contributed by atoms with Crippen molar-refractivity contribution < 1.29 is 0 Å². The van der Waals surface area contributed by atoms with Crippen LogP contribution in [0.1, 0.15) is 5.82 Å². The van der Waals surface area contributed by atoms with Crippen LogP contribution in [-0.2, 0) is 13.6 Å². The number of rotatable bonds is 2. The average molecular weight is 214 g/mol. The number of aryl methyl sites for hydroxylation is 1. The molecule has 2 N–H and O–H groups in total. The fraction of sp³-hybridized carbons (Fsp3) is 0.333. The third kappa shape index (κ3) is 1.53. The fourth-order valence-corrected chi connectivity index (χ4v) is 1.17. The summed E-state index contributed by atoms with van der Waals surface area (Å²) in [5, 5.41) is 15.4. The lowest BCUT2D eigenvalue weighted by Gasteiger charge is -1.97. The zero-order valence-corrected chi connectivity index (χ0v) is 8.18. The van der Waals surface area contributed by atoms with Crippen LogP contribution in [0.5, 0.6) is 0 Å². The molecule has 0 saturated heterocycles. The Hall–Kier alpha value is -1.63. The summed E-state index contributed by atoms with van der Waals surface area (Å²) < 4.78 is 3.15. The van der Waals surface area contributed by atoms with Crippen LogP contribution in [-0.4, -0.2) is 30.0 Å². The maximum Gasteiger partial charge on any atom is 0.172 e. The van der Waals surface area contributed by atoms with E-state index in [1.807, 2.05) is 0 Å².